The van der Waals surface area contributed by atoms with Crippen molar-refractivity contribution in [2.24, 2.45) is 0 Å². The zero-order valence-electron chi connectivity index (χ0n) is 20.9. The summed E-state index contributed by atoms with van der Waals surface area (Å²) in [6.45, 7) is 5.11. The van der Waals surface area contributed by atoms with Crippen LogP contribution in [0.5, 0.6) is 5.75 Å². The summed E-state index contributed by atoms with van der Waals surface area (Å²) in [6, 6.07) is 14.3. The van der Waals surface area contributed by atoms with Gasteiger partial charge in [0.2, 0.25) is 0 Å². The van der Waals surface area contributed by atoms with E-state index in [4.69, 9.17) is 4.74 Å². The van der Waals surface area contributed by atoms with Crippen LogP contribution in [0, 0.1) is 0 Å². The van der Waals surface area contributed by atoms with E-state index in [0.29, 0.717) is 6.54 Å². The molecule has 1 aliphatic rings. The topological polar surface area (TPSA) is 85.4 Å². The van der Waals surface area contributed by atoms with Crippen molar-refractivity contribution >= 4 is 11.5 Å². The highest BCUT2D eigenvalue weighted by Gasteiger charge is 2.12. The fourth-order valence-electron chi connectivity index (χ4n) is 4.77. The number of hydrogen-bond donors (Lipinski definition) is 1. The molecule has 1 aliphatic heterocycles. The number of benzene rings is 1. The number of anilines is 1. The predicted octanol–water partition coefficient (Wildman–Crippen LogP) is 4.37. The fourth-order valence-corrected chi connectivity index (χ4v) is 4.77. The van der Waals surface area contributed by atoms with E-state index in [2.05, 4.69) is 65.4 Å². The zero-order valence-corrected chi connectivity index (χ0v) is 20.9. The largest absolute Gasteiger partial charge is 0.497 e. The van der Waals surface area contributed by atoms with Crippen LogP contribution >= 0.6 is 0 Å². The summed E-state index contributed by atoms with van der Waals surface area (Å²) in [5.74, 6) is 1.53. The Morgan fingerprint density at radius 3 is 2.62 bits per heavy atom. The molecule has 1 saturated heterocycles. The minimum atomic E-state index is 0.663. The van der Waals surface area contributed by atoms with Crippen LogP contribution in [0.15, 0.2) is 73.6 Å². The lowest BCUT2D eigenvalue weighted by Gasteiger charge is -2.13. The molecule has 4 aromatic heterocycles. The van der Waals surface area contributed by atoms with E-state index in [1.807, 2.05) is 41.2 Å². The van der Waals surface area contributed by atoms with E-state index in [-0.39, 0.29) is 0 Å². The minimum absolute atomic E-state index is 0.663. The van der Waals surface area contributed by atoms with Gasteiger partial charge in [-0.05, 0) is 43.1 Å². The van der Waals surface area contributed by atoms with E-state index in [1.54, 1.807) is 13.4 Å². The Morgan fingerprint density at radius 2 is 1.78 bits per heavy atom. The number of imidazole rings is 1. The molecule has 0 atom stereocenters. The van der Waals surface area contributed by atoms with Crippen LogP contribution in [-0.2, 0) is 13.1 Å². The van der Waals surface area contributed by atoms with Crippen molar-refractivity contribution in [3.63, 3.8) is 0 Å². The SMILES string of the molecule is COc1ccn2c(-c3cc(NCc4ccc(-c5cnn(CCN6CCCC6)c5)cc4)ncn3)cnc2c1. The van der Waals surface area contributed by atoms with Crippen LogP contribution in [-0.4, -0.2) is 60.8 Å². The standard InChI is InChI=1S/C28H30N8O/c1-37-24-8-11-36-26(18-30-28(36)14-24)25-15-27(32-20-31-25)29-16-21-4-6-22(7-5-21)23-17-33-35(19-23)13-12-34-9-2-3-10-34/h4-8,11,14-15,17-20H,2-3,9-10,12-13,16H2,1H3,(H,29,31,32). The van der Waals surface area contributed by atoms with Gasteiger partial charge in [-0.15, -0.1) is 0 Å². The molecule has 9 nitrogen and oxygen atoms in total. The second-order valence-corrected chi connectivity index (χ2v) is 9.32. The Labute approximate surface area is 215 Å². The second-order valence-electron chi connectivity index (χ2n) is 9.32. The Bertz CT molecular complexity index is 1480. The summed E-state index contributed by atoms with van der Waals surface area (Å²) in [5, 5.41) is 7.97. The number of methoxy groups -OCH3 is 1. The van der Waals surface area contributed by atoms with Crippen LogP contribution in [0.2, 0.25) is 0 Å². The maximum atomic E-state index is 5.30. The summed E-state index contributed by atoms with van der Waals surface area (Å²) >= 11 is 0. The predicted molar refractivity (Wildman–Crippen MR) is 143 cm³/mol. The molecule has 0 radical (unpaired) electrons. The summed E-state index contributed by atoms with van der Waals surface area (Å²) in [4.78, 5) is 15.9. The van der Waals surface area contributed by atoms with Gasteiger partial charge in [0.05, 0.1) is 37.4 Å². The third-order valence-electron chi connectivity index (χ3n) is 6.89. The molecule has 0 aliphatic carbocycles. The van der Waals surface area contributed by atoms with Crippen molar-refractivity contribution in [3.05, 3.63) is 79.1 Å². The molecule has 37 heavy (non-hydrogen) atoms. The molecular weight excluding hydrogens is 464 g/mol. The van der Waals surface area contributed by atoms with E-state index in [1.165, 1.54) is 37.1 Å². The molecule has 0 spiro atoms. The Balaban J connectivity index is 1.09. The van der Waals surface area contributed by atoms with Crippen LogP contribution in [0.3, 0.4) is 0 Å². The van der Waals surface area contributed by atoms with Crippen LogP contribution in [0.4, 0.5) is 5.82 Å². The lowest BCUT2D eigenvalue weighted by atomic mass is 10.1. The van der Waals surface area contributed by atoms with Crippen LogP contribution < -0.4 is 10.1 Å². The number of pyridine rings is 1. The first-order valence-electron chi connectivity index (χ1n) is 12.7. The summed E-state index contributed by atoms with van der Waals surface area (Å²) < 4.78 is 9.34. The Kier molecular flexibility index (Phi) is 6.51. The first-order chi connectivity index (χ1) is 18.2. The van der Waals surface area contributed by atoms with Crippen molar-refractivity contribution in [2.45, 2.75) is 25.9 Å². The maximum absolute atomic E-state index is 5.30. The van der Waals surface area contributed by atoms with Gasteiger partial charge in [-0.1, -0.05) is 24.3 Å². The van der Waals surface area contributed by atoms with Gasteiger partial charge >= 0.3 is 0 Å². The molecule has 1 fully saturated rings. The minimum Gasteiger partial charge on any atom is -0.497 e. The highest BCUT2D eigenvalue weighted by Crippen LogP contribution is 2.24. The van der Waals surface area contributed by atoms with Crippen molar-refractivity contribution in [2.75, 3.05) is 32.1 Å². The number of rotatable bonds is 9. The Morgan fingerprint density at radius 1 is 0.919 bits per heavy atom. The third-order valence-corrected chi connectivity index (χ3v) is 6.89. The summed E-state index contributed by atoms with van der Waals surface area (Å²) in [7, 11) is 1.65. The van der Waals surface area contributed by atoms with Crippen LogP contribution in [0.25, 0.3) is 28.2 Å². The number of likely N-dealkylation sites (tertiary alicyclic amines) is 1. The quantitative estimate of drug-likeness (QED) is 0.326. The lowest BCUT2D eigenvalue weighted by molar-refractivity contribution is 0.316. The highest BCUT2D eigenvalue weighted by molar-refractivity contribution is 5.64. The molecular formula is C28H30N8O. The molecule has 5 heterocycles. The molecule has 188 valence electrons. The van der Waals surface area contributed by atoms with Crippen molar-refractivity contribution in [1.29, 1.82) is 0 Å². The van der Waals surface area contributed by atoms with Gasteiger partial charge in [-0.25, -0.2) is 15.0 Å². The number of hydrogen-bond acceptors (Lipinski definition) is 7. The zero-order chi connectivity index (χ0) is 25.0. The number of aromatic nitrogens is 6. The average molecular weight is 495 g/mol. The van der Waals surface area contributed by atoms with Gasteiger partial charge in [0.25, 0.3) is 0 Å². The monoisotopic (exact) mass is 494 g/mol. The van der Waals surface area contributed by atoms with E-state index < -0.39 is 0 Å². The van der Waals surface area contributed by atoms with Crippen molar-refractivity contribution in [3.8, 4) is 28.3 Å². The van der Waals surface area contributed by atoms with E-state index in [9.17, 15) is 0 Å². The molecule has 9 heteroatoms. The van der Waals surface area contributed by atoms with Gasteiger partial charge in [0, 0.05) is 43.2 Å². The van der Waals surface area contributed by atoms with Gasteiger partial charge in [-0.2, -0.15) is 5.10 Å². The third kappa shape index (κ3) is 5.17. The van der Waals surface area contributed by atoms with Gasteiger partial charge in [0.15, 0.2) is 0 Å². The second kappa shape index (κ2) is 10.4. The molecule has 1 N–H and O–H groups in total. The molecule has 0 amide bonds. The molecule has 1 aromatic carbocycles. The van der Waals surface area contributed by atoms with Crippen molar-refractivity contribution in [1.82, 2.24) is 34.0 Å². The normalized spacial score (nSPS) is 13.9. The first-order valence-corrected chi connectivity index (χ1v) is 12.7. The van der Waals surface area contributed by atoms with Crippen LogP contribution in [0.1, 0.15) is 18.4 Å². The molecule has 0 bridgehead atoms. The van der Waals surface area contributed by atoms with Crippen molar-refractivity contribution < 1.29 is 4.74 Å². The molecule has 5 aromatic rings. The highest BCUT2D eigenvalue weighted by atomic mass is 16.5. The molecule has 6 rings (SSSR count). The number of fused-ring (bicyclic) bond motifs is 1. The fraction of sp³-hybridized carbons (Fsp3) is 0.286. The van der Waals surface area contributed by atoms with Gasteiger partial charge in [0.1, 0.15) is 23.5 Å². The number of ether oxygens (including phenoxy) is 1. The first kappa shape index (κ1) is 23.2. The summed E-state index contributed by atoms with van der Waals surface area (Å²) in [6.07, 6.45) is 12.1. The number of nitrogens with one attached hydrogen (secondary N) is 1. The van der Waals surface area contributed by atoms with E-state index >= 15 is 0 Å². The summed E-state index contributed by atoms with van der Waals surface area (Å²) in [5.41, 5.74) is 5.99. The smallest absolute Gasteiger partial charge is 0.140 e. The number of nitrogens with zero attached hydrogens (tertiary/aromatic N) is 7. The van der Waals surface area contributed by atoms with E-state index in [0.717, 1.165) is 47.3 Å². The maximum Gasteiger partial charge on any atom is 0.140 e. The molecule has 0 saturated carbocycles. The molecule has 0 unspecified atom stereocenters. The lowest BCUT2D eigenvalue weighted by Crippen LogP contribution is -2.24. The van der Waals surface area contributed by atoms with Gasteiger partial charge < -0.3 is 15.0 Å². The Hall–Kier alpha value is -4.24. The van der Waals surface area contributed by atoms with Gasteiger partial charge in [-0.3, -0.25) is 9.08 Å². The average Bonchev–Trinajstić information content (AvgIpc) is 3.72.